The molecule has 2 nitrogen and oxygen atoms in total. The molecule has 2 aliphatic rings. The van der Waals surface area contributed by atoms with Crippen LogP contribution < -0.4 is 0 Å². The van der Waals surface area contributed by atoms with Gasteiger partial charge >= 0.3 is 0 Å². The third kappa shape index (κ3) is 2.14. The van der Waals surface area contributed by atoms with Crippen molar-refractivity contribution in [1.82, 2.24) is 4.90 Å². The summed E-state index contributed by atoms with van der Waals surface area (Å²) < 4.78 is 0. The molecule has 2 aliphatic carbocycles. The van der Waals surface area contributed by atoms with Crippen LogP contribution in [-0.2, 0) is 0 Å². The highest BCUT2D eigenvalue weighted by Crippen LogP contribution is 2.50. The number of aliphatic hydroxyl groups excluding tert-OH is 1. The lowest BCUT2D eigenvalue weighted by atomic mass is 9.80. The Hall–Kier alpha value is -0.0800. The second-order valence-electron chi connectivity index (χ2n) is 6.73. The van der Waals surface area contributed by atoms with Crippen LogP contribution in [-0.4, -0.2) is 35.7 Å². The molecule has 2 rings (SSSR count). The van der Waals surface area contributed by atoms with E-state index in [1.807, 2.05) is 0 Å². The van der Waals surface area contributed by atoms with Crippen molar-refractivity contribution >= 4 is 0 Å². The summed E-state index contributed by atoms with van der Waals surface area (Å²) in [6.45, 7) is 4.29. The van der Waals surface area contributed by atoms with Crippen molar-refractivity contribution in [3.8, 4) is 0 Å². The number of hydrogen-bond donors (Lipinski definition) is 1. The molecule has 94 valence electrons. The number of likely N-dealkylation sites (N-methyl/N-ethyl adjacent to an activating group) is 1. The lowest BCUT2D eigenvalue weighted by molar-refractivity contribution is -0.00306. The molecule has 0 spiro atoms. The first-order valence-electron chi connectivity index (χ1n) is 6.76. The molecule has 0 saturated heterocycles. The summed E-state index contributed by atoms with van der Waals surface area (Å²) in [5.74, 6) is 2.72. The minimum Gasteiger partial charge on any atom is -0.391 e. The van der Waals surface area contributed by atoms with Gasteiger partial charge in [-0.25, -0.2) is 0 Å². The van der Waals surface area contributed by atoms with Crippen molar-refractivity contribution < 1.29 is 5.11 Å². The first-order valence-corrected chi connectivity index (χ1v) is 6.76. The predicted molar refractivity (Wildman–Crippen MR) is 67.3 cm³/mol. The molecular formula is C14H27NO. The summed E-state index contributed by atoms with van der Waals surface area (Å²) in [5.41, 5.74) is -0.0954. The number of aliphatic hydroxyl groups is 1. The molecular weight excluding hydrogens is 198 g/mol. The van der Waals surface area contributed by atoms with Gasteiger partial charge in [0.2, 0.25) is 0 Å². The van der Waals surface area contributed by atoms with Gasteiger partial charge in [-0.2, -0.15) is 0 Å². The Bertz CT molecular complexity index is 249. The summed E-state index contributed by atoms with van der Waals surface area (Å²) in [4.78, 5) is 2.14. The number of nitrogens with zero attached hydrogens (tertiary/aromatic N) is 1. The number of hydrogen-bond acceptors (Lipinski definition) is 2. The molecule has 2 fully saturated rings. The van der Waals surface area contributed by atoms with Crippen LogP contribution in [0.2, 0.25) is 0 Å². The van der Waals surface area contributed by atoms with E-state index in [1.165, 1.54) is 25.7 Å². The zero-order chi connectivity index (χ0) is 11.9. The van der Waals surface area contributed by atoms with E-state index >= 15 is 0 Å². The maximum Gasteiger partial charge on any atom is 0.0721 e. The fourth-order valence-corrected chi connectivity index (χ4v) is 3.54. The van der Waals surface area contributed by atoms with Crippen molar-refractivity contribution in [3.63, 3.8) is 0 Å². The summed E-state index contributed by atoms with van der Waals surface area (Å²) in [6, 6.07) is 0. The van der Waals surface area contributed by atoms with Gasteiger partial charge in [0, 0.05) is 5.54 Å². The average molecular weight is 225 g/mol. The van der Waals surface area contributed by atoms with Crippen molar-refractivity contribution in [2.75, 3.05) is 14.1 Å². The Labute approximate surface area is 100 Å². The van der Waals surface area contributed by atoms with Crippen molar-refractivity contribution in [2.24, 2.45) is 17.8 Å². The molecule has 4 unspecified atom stereocenters. The Kier molecular flexibility index (Phi) is 3.33. The average Bonchev–Trinajstić information content (AvgIpc) is 2.78. The second kappa shape index (κ2) is 4.30. The van der Waals surface area contributed by atoms with Crippen LogP contribution in [0.4, 0.5) is 0 Å². The topological polar surface area (TPSA) is 23.5 Å². The molecule has 0 amide bonds. The molecule has 0 radical (unpaired) electrons. The van der Waals surface area contributed by atoms with Gasteiger partial charge < -0.3 is 10.0 Å². The van der Waals surface area contributed by atoms with Gasteiger partial charge in [-0.1, -0.05) is 6.42 Å². The molecule has 2 saturated carbocycles. The first-order chi connectivity index (χ1) is 7.41. The number of fused-ring (bicyclic) bond motifs is 2. The van der Waals surface area contributed by atoms with E-state index in [0.717, 1.165) is 24.2 Å². The van der Waals surface area contributed by atoms with Gasteiger partial charge in [0.25, 0.3) is 0 Å². The largest absolute Gasteiger partial charge is 0.391 e. The smallest absolute Gasteiger partial charge is 0.0721 e. The van der Waals surface area contributed by atoms with Gasteiger partial charge in [-0.05, 0) is 71.4 Å². The zero-order valence-electron chi connectivity index (χ0n) is 11.2. The van der Waals surface area contributed by atoms with E-state index < -0.39 is 0 Å². The maximum atomic E-state index is 10.4. The highest BCUT2D eigenvalue weighted by atomic mass is 16.3. The zero-order valence-corrected chi connectivity index (χ0v) is 11.2. The van der Waals surface area contributed by atoms with E-state index in [9.17, 15) is 5.11 Å². The molecule has 0 aliphatic heterocycles. The van der Waals surface area contributed by atoms with Gasteiger partial charge in [-0.3, -0.25) is 0 Å². The van der Waals surface area contributed by atoms with Crippen molar-refractivity contribution in [1.29, 1.82) is 0 Å². The van der Waals surface area contributed by atoms with Crippen LogP contribution in [0, 0.1) is 17.8 Å². The second-order valence-corrected chi connectivity index (χ2v) is 6.73. The Morgan fingerprint density at radius 3 is 2.38 bits per heavy atom. The lowest BCUT2D eigenvalue weighted by Crippen LogP contribution is -2.49. The molecule has 0 aromatic carbocycles. The molecule has 16 heavy (non-hydrogen) atoms. The monoisotopic (exact) mass is 225 g/mol. The quantitative estimate of drug-likeness (QED) is 0.794. The number of rotatable bonds is 4. The molecule has 1 N–H and O–H groups in total. The van der Waals surface area contributed by atoms with E-state index in [-0.39, 0.29) is 11.6 Å². The molecule has 0 aromatic rings. The Balaban J connectivity index is 1.90. The molecule has 0 aromatic heterocycles. The van der Waals surface area contributed by atoms with Crippen molar-refractivity contribution in [2.45, 2.75) is 57.6 Å². The lowest BCUT2D eigenvalue weighted by Gasteiger charge is -2.39. The predicted octanol–water partition coefficient (Wildman–Crippen LogP) is 2.51. The highest BCUT2D eigenvalue weighted by Gasteiger charge is 2.42. The molecule has 0 heterocycles. The SMILES string of the molecule is CN(C)C(C)(C)C(O)CC1CC2CCC1C2. The highest BCUT2D eigenvalue weighted by molar-refractivity contribution is 4.94. The fraction of sp³-hybridized carbons (Fsp3) is 1.00. The first kappa shape index (κ1) is 12.4. The third-order valence-electron chi connectivity index (χ3n) is 5.38. The maximum absolute atomic E-state index is 10.4. The molecule has 2 bridgehead atoms. The minimum absolute atomic E-state index is 0.0954. The summed E-state index contributed by atoms with van der Waals surface area (Å²) in [7, 11) is 4.12. The summed E-state index contributed by atoms with van der Waals surface area (Å²) in [6.07, 6.45) is 6.52. The van der Waals surface area contributed by atoms with Crippen LogP contribution in [0.15, 0.2) is 0 Å². The van der Waals surface area contributed by atoms with Gasteiger partial charge in [0.15, 0.2) is 0 Å². The van der Waals surface area contributed by atoms with Crippen LogP contribution in [0.1, 0.15) is 46.0 Å². The molecule has 2 heteroatoms. The fourth-order valence-electron chi connectivity index (χ4n) is 3.54. The minimum atomic E-state index is -0.188. The van der Waals surface area contributed by atoms with Crippen LogP contribution in [0.3, 0.4) is 0 Å². The van der Waals surface area contributed by atoms with Crippen LogP contribution >= 0.6 is 0 Å². The Morgan fingerprint density at radius 1 is 1.25 bits per heavy atom. The van der Waals surface area contributed by atoms with Crippen LogP contribution in [0.5, 0.6) is 0 Å². The summed E-state index contributed by atoms with van der Waals surface area (Å²) in [5, 5.41) is 10.4. The Morgan fingerprint density at radius 2 is 1.94 bits per heavy atom. The van der Waals surface area contributed by atoms with Crippen molar-refractivity contribution in [3.05, 3.63) is 0 Å². The normalized spacial score (nSPS) is 36.0. The standard InChI is InChI=1S/C14H27NO/c1-14(2,15(3)4)13(16)9-12-8-10-5-6-11(12)7-10/h10-13,16H,5-9H2,1-4H3. The van der Waals surface area contributed by atoms with Gasteiger partial charge in [0.05, 0.1) is 6.10 Å². The van der Waals surface area contributed by atoms with E-state index in [0.29, 0.717) is 0 Å². The molecule has 4 atom stereocenters. The van der Waals surface area contributed by atoms with E-state index in [4.69, 9.17) is 0 Å². The van der Waals surface area contributed by atoms with E-state index in [1.54, 1.807) is 0 Å². The van der Waals surface area contributed by atoms with Gasteiger partial charge in [0.1, 0.15) is 0 Å². The van der Waals surface area contributed by atoms with Gasteiger partial charge in [-0.15, -0.1) is 0 Å². The van der Waals surface area contributed by atoms with Crippen LogP contribution in [0.25, 0.3) is 0 Å². The third-order valence-corrected chi connectivity index (χ3v) is 5.38. The van der Waals surface area contributed by atoms with E-state index in [2.05, 4.69) is 32.8 Å². The summed E-state index contributed by atoms with van der Waals surface area (Å²) >= 11 is 0.